The Morgan fingerprint density at radius 1 is 1.19 bits per heavy atom. The van der Waals surface area contributed by atoms with Crippen molar-refractivity contribution in [2.75, 3.05) is 12.4 Å². The maximum absolute atomic E-state index is 5.85. The van der Waals surface area contributed by atoms with Crippen molar-refractivity contribution < 1.29 is 9.30 Å². The van der Waals surface area contributed by atoms with Crippen LogP contribution in [0.3, 0.4) is 0 Å². The first-order valence-electron chi connectivity index (χ1n) is 8.52. The van der Waals surface area contributed by atoms with E-state index in [2.05, 4.69) is 42.6 Å². The Morgan fingerprint density at radius 3 is 2.93 bits per heavy atom. The van der Waals surface area contributed by atoms with Crippen LogP contribution >= 0.6 is 0 Å². The zero-order valence-corrected chi connectivity index (χ0v) is 14.5. The van der Waals surface area contributed by atoms with Crippen LogP contribution in [0.15, 0.2) is 55.4 Å². The fourth-order valence-electron chi connectivity index (χ4n) is 3.37. The summed E-state index contributed by atoms with van der Waals surface area (Å²) in [5.41, 5.74) is 5.32. The topological polar surface area (TPSA) is 92.5 Å². The van der Waals surface area contributed by atoms with Gasteiger partial charge in [-0.05, 0) is 34.4 Å². The molecule has 1 aliphatic carbocycles. The molecule has 4 aromatic rings. The van der Waals surface area contributed by atoms with Crippen LogP contribution in [-0.2, 0) is 6.42 Å². The van der Waals surface area contributed by atoms with Gasteiger partial charge in [-0.1, -0.05) is 17.1 Å². The van der Waals surface area contributed by atoms with Crippen LogP contribution in [0.25, 0.3) is 16.9 Å². The van der Waals surface area contributed by atoms with Crippen molar-refractivity contribution in [3.8, 4) is 28.7 Å². The van der Waals surface area contributed by atoms with E-state index < -0.39 is 0 Å². The van der Waals surface area contributed by atoms with Gasteiger partial charge < -0.3 is 10.1 Å². The lowest BCUT2D eigenvalue weighted by Crippen LogP contribution is -2.30. The molecule has 0 bridgehead atoms. The molecule has 0 unspecified atom stereocenters. The van der Waals surface area contributed by atoms with Crippen LogP contribution in [-0.4, -0.2) is 32.2 Å². The van der Waals surface area contributed by atoms with E-state index >= 15 is 0 Å². The molecule has 0 spiro atoms. The fourth-order valence-corrected chi connectivity index (χ4v) is 3.37. The summed E-state index contributed by atoms with van der Waals surface area (Å²) in [5.74, 6) is 1.31. The van der Waals surface area contributed by atoms with Crippen molar-refractivity contribution in [2.24, 2.45) is 0 Å². The standard InChI is InChI=1S/C19H15N7O/c1-20-15-6-2-5-13-14(15)8-16-17(13)18(26-10-22-23-11-26)25-19(24-16)27-12-4-3-7-21-9-12/h2-7,9-11,20H,8H2,1H3/p+1. The van der Waals surface area contributed by atoms with Gasteiger partial charge in [-0.25, -0.2) is 0 Å². The van der Waals surface area contributed by atoms with Gasteiger partial charge in [0.25, 0.3) is 5.82 Å². The van der Waals surface area contributed by atoms with E-state index in [9.17, 15) is 0 Å². The van der Waals surface area contributed by atoms with Crippen molar-refractivity contribution in [2.45, 2.75) is 6.42 Å². The lowest BCUT2D eigenvalue weighted by Gasteiger charge is -2.08. The summed E-state index contributed by atoms with van der Waals surface area (Å²) < 4.78 is 7.68. The molecule has 0 saturated heterocycles. The third kappa shape index (κ3) is 2.58. The van der Waals surface area contributed by atoms with Crippen molar-refractivity contribution in [3.05, 3.63) is 66.6 Å². The molecule has 0 radical (unpaired) electrons. The highest BCUT2D eigenvalue weighted by Crippen LogP contribution is 2.41. The number of hydrogen-bond donors (Lipinski definition) is 2. The molecule has 27 heavy (non-hydrogen) atoms. The second kappa shape index (κ2) is 6.17. The molecule has 8 heteroatoms. The smallest absolute Gasteiger partial charge is 0.381 e. The lowest BCUT2D eigenvalue weighted by atomic mass is 10.1. The van der Waals surface area contributed by atoms with Crippen LogP contribution in [0.2, 0.25) is 0 Å². The minimum Gasteiger partial charge on any atom is -0.413 e. The normalized spacial score (nSPS) is 11.7. The summed E-state index contributed by atoms with van der Waals surface area (Å²) in [7, 11) is 1.92. The Balaban J connectivity index is 1.68. The summed E-state index contributed by atoms with van der Waals surface area (Å²) >= 11 is 0. The monoisotopic (exact) mass is 358 g/mol. The Kier molecular flexibility index (Phi) is 3.53. The lowest BCUT2D eigenvalue weighted by molar-refractivity contribution is -0.599. The minimum absolute atomic E-state index is 0.282. The number of nitrogens with one attached hydrogen (secondary N) is 2. The van der Waals surface area contributed by atoms with Gasteiger partial charge in [-0.2, -0.15) is 14.6 Å². The summed E-state index contributed by atoms with van der Waals surface area (Å²) in [6.45, 7) is 0. The van der Waals surface area contributed by atoms with Gasteiger partial charge in [0.05, 0.1) is 17.5 Å². The van der Waals surface area contributed by atoms with Gasteiger partial charge in [0, 0.05) is 25.4 Å². The molecular formula is C19H16N7O+. The van der Waals surface area contributed by atoms with Gasteiger partial charge in [0.1, 0.15) is 0 Å². The predicted molar refractivity (Wildman–Crippen MR) is 97.8 cm³/mol. The van der Waals surface area contributed by atoms with Gasteiger partial charge in [0.15, 0.2) is 12.1 Å². The van der Waals surface area contributed by atoms with Crippen LogP contribution in [0, 0.1) is 0 Å². The third-order valence-corrected chi connectivity index (χ3v) is 4.54. The maximum Gasteiger partial charge on any atom is 0.381 e. The van der Waals surface area contributed by atoms with E-state index in [-0.39, 0.29) is 6.01 Å². The minimum atomic E-state index is 0.282. The molecule has 1 aromatic carbocycles. The third-order valence-electron chi connectivity index (χ3n) is 4.54. The average Bonchev–Trinajstić information content (AvgIpc) is 3.36. The number of fused-ring (bicyclic) bond motifs is 3. The number of benzene rings is 1. The Morgan fingerprint density at radius 2 is 2.15 bits per heavy atom. The van der Waals surface area contributed by atoms with Crippen molar-refractivity contribution in [1.82, 2.24) is 25.1 Å². The first-order chi connectivity index (χ1) is 13.3. The molecule has 3 aromatic heterocycles. The molecule has 0 fully saturated rings. The van der Waals surface area contributed by atoms with Crippen LogP contribution in [0.1, 0.15) is 11.3 Å². The van der Waals surface area contributed by atoms with Gasteiger partial charge in [0.2, 0.25) is 6.33 Å². The summed E-state index contributed by atoms with van der Waals surface area (Å²) in [6.07, 6.45) is 7.46. The Bertz CT molecular complexity index is 1110. The van der Waals surface area contributed by atoms with Crippen molar-refractivity contribution in [1.29, 1.82) is 0 Å². The zero-order valence-electron chi connectivity index (χ0n) is 14.5. The van der Waals surface area contributed by atoms with Crippen molar-refractivity contribution in [3.63, 3.8) is 0 Å². The molecule has 2 N–H and O–H groups in total. The largest absolute Gasteiger partial charge is 0.413 e. The SMILES string of the molecule is CNc1cccc2c1Cc1nc(Oc3cccnc3)nc(-[n+]3cn[nH]c3)c1-2. The van der Waals surface area contributed by atoms with E-state index in [0.717, 1.165) is 28.3 Å². The number of hydrogen-bond acceptors (Lipinski definition) is 6. The number of ether oxygens (including phenoxy) is 1. The first-order valence-corrected chi connectivity index (χ1v) is 8.52. The first kappa shape index (κ1) is 15.4. The fraction of sp³-hybridized carbons (Fsp3) is 0.105. The van der Waals surface area contributed by atoms with Crippen LogP contribution in [0.4, 0.5) is 5.69 Å². The molecule has 0 atom stereocenters. The highest BCUT2D eigenvalue weighted by Gasteiger charge is 2.30. The quantitative estimate of drug-likeness (QED) is 0.479. The number of aromatic nitrogens is 6. The Hall–Kier alpha value is -3.81. The molecule has 5 rings (SSSR count). The second-order valence-electron chi connectivity index (χ2n) is 6.11. The van der Waals surface area contributed by atoms with E-state index in [1.807, 2.05) is 29.8 Å². The maximum atomic E-state index is 5.85. The zero-order chi connectivity index (χ0) is 18.2. The summed E-state index contributed by atoms with van der Waals surface area (Å²) in [4.78, 5) is 13.4. The number of H-pyrrole nitrogens is 1. The van der Waals surface area contributed by atoms with E-state index in [0.29, 0.717) is 12.2 Å². The number of aromatic amines is 1. The number of anilines is 1. The molecule has 0 amide bonds. The molecule has 0 aliphatic heterocycles. The molecule has 3 heterocycles. The summed E-state index contributed by atoms with van der Waals surface area (Å²) in [5, 5.41) is 10.1. The molecule has 8 nitrogen and oxygen atoms in total. The second-order valence-corrected chi connectivity index (χ2v) is 6.11. The predicted octanol–water partition coefficient (Wildman–Crippen LogP) is 2.28. The number of pyridine rings is 1. The molecule has 1 aliphatic rings. The average molecular weight is 358 g/mol. The number of rotatable bonds is 4. The van der Waals surface area contributed by atoms with Crippen LogP contribution < -0.4 is 14.6 Å². The van der Waals surface area contributed by atoms with Gasteiger partial charge >= 0.3 is 6.01 Å². The highest BCUT2D eigenvalue weighted by molar-refractivity contribution is 5.84. The molecular weight excluding hydrogens is 342 g/mol. The Labute approximate surface area is 154 Å². The summed E-state index contributed by atoms with van der Waals surface area (Å²) in [6, 6.07) is 10.1. The van der Waals surface area contributed by atoms with Crippen molar-refractivity contribution >= 4 is 5.69 Å². The van der Waals surface area contributed by atoms with E-state index in [4.69, 9.17) is 4.74 Å². The van der Waals surface area contributed by atoms with Gasteiger partial charge in [-0.15, -0.1) is 0 Å². The van der Waals surface area contributed by atoms with E-state index in [1.165, 1.54) is 5.56 Å². The molecule has 0 saturated carbocycles. The van der Waals surface area contributed by atoms with Crippen LogP contribution in [0.5, 0.6) is 11.8 Å². The molecule has 132 valence electrons. The van der Waals surface area contributed by atoms with E-state index in [1.54, 1.807) is 25.0 Å². The highest BCUT2D eigenvalue weighted by atomic mass is 16.5. The van der Waals surface area contributed by atoms with Gasteiger partial charge in [-0.3, -0.25) is 4.98 Å². The number of nitrogens with zero attached hydrogens (tertiary/aromatic N) is 5.